The first-order valence-corrected chi connectivity index (χ1v) is 7.79. The third-order valence-electron chi connectivity index (χ3n) is 4.22. The molecule has 3 nitrogen and oxygen atoms in total. The fourth-order valence-electron chi connectivity index (χ4n) is 3.18. The SMILES string of the molecule is Cc1cc(=O)n(-c2ccc(Cl)cc2)c([C@H]2CC[C@@H](C)C2)n1. The summed E-state index contributed by atoms with van der Waals surface area (Å²) in [6, 6.07) is 8.97. The number of aromatic nitrogens is 2. The molecule has 2 aromatic rings. The molecule has 1 fully saturated rings. The molecule has 1 aromatic heterocycles. The molecule has 110 valence electrons. The molecule has 1 aliphatic rings. The first-order valence-electron chi connectivity index (χ1n) is 7.41. The highest BCUT2D eigenvalue weighted by atomic mass is 35.5. The molecule has 4 heteroatoms. The summed E-state index contributed by atoms with van der Waals surface area (Å²) in [6.07, 6.45) is 3.41. The maximum Gasteiger partial charge on any atom is 0.258 e. The second-order valence-corrected chi connectivity index (χ2v) is 6.46. The molecule has 0 bridgehead atoms. The standard InChI is InChI=1S/C17H19ClN2O/c1-11-3-4-13(9-11)17-19-12(2)10-16(21)20(17)15-7-5-14(18)6-8-15/h5-8,10-11,13H,3-4,9H2,1-2H3/t11-,13+/m1/s1. The Kier molecular flexibility index (Phi) is 3.85. The number of nitrogens with zero attached hydrogens (tertiary/aromatic N) is 2. The summed E-state index contributed by atoms with van der Waals surface area (Å²) < 4.78 is 1.74. The lowest BCUT2D eigenvalue weighted by atomic mass is 10.0. The lowest BCUT2D eigenvalue weighted by molar-refractivity contribution is 0.573. The predicted molar refractivity (Wildman–Crippen MR) is 85.3 cm³/mol. The Bertz CT molecular complexity index is 706. The largest absolute Gasteiger partial charge is 0.269 e. The van der Waals surface area contributed by atoms with Crippen molar-refractivity contribution in [2.45, 2.75) is 39.0 Å². The number of hydrogen-bond donors (Lipinski definition) is 0. The highest BCUT2D eigenvalue weighted by Gasteiger charge is 2.27. The smallest absolute Gasteiger partial charge is 0.258 e. The Morgan fingerprint density at radius 3 is 2.57 bits per heavy atom. The molecule has 0 amide bonds. The Morgan fingerprint density at radius 1 is 1.24 bits per heavy atom. The molecular formula is C17H19ClN2O. The summed E-state index contributed by atoms with van der Waals surface area (Å²) in [5.74, 6) is 1.96. The van der Waals surface area contributed by atoms with Crippen LogP contribution in [-0.2, 0) is 0 Å². The second kappa shape index (κ2) is 5.64. The fourth-order valence-corrected chi connectivity index (χ4v) is 3.31. The lowest BCUT2D eigenvalue weighted by Crippen LogP contribution is -2.25. The van der Waals surface area contributed by atoms with E-state index in [1.54, 1.807) is 10.6 Å². The van der Waals surface area contributed by atoms with E-state index in [1.165, 1.54) is 6.42 Å². The molecular weight excluding hydrogens is 284 g/mol. The molecule has 0 saturated heterocycles. The molecule has 3 rings (SSSR count). The van der Waals surface area contributed by atoms with Crippen LogP contribution in [0.25, 0.3) is 5.69 Å². The summed E-state index contributed by atoms with van der Waals surface area (Å²) in [6.45, 7) is 4.15. The maximum absolute atomic E-state index is 12.5. The van der Waals surface area contributed by atoms with Crippen molar-refractivity contribution in [1.29, 1.82) is 0 Å². The molecule has 1 heterocycles. The van der Waals surface area contributed by atoms with Crippen molar-refractivity contribution in [3.05, 3.63) is 57.2 Å². The lowest BCUT2D eigenvalue weighted by Gasteiger charge is -2.17. The Morgan fingerprint density at radius 2 is 1.95 bits per heavy atom. The van der Waals surface area contributed by atoms with E-state index in [2.05, 4.69) is 11.9 Å². The highest BCUT2D eigenvalue weighted by molar-refractivity contribution is 6.30. The van der Waals surface area contributed by atoms with Crippen LogP contribution in [0.4, 0.5) is 0 Å². The maximum atomic E-state index is 12.5. The van der Waals surface area contributed by atoms with Gasteiger partial charge in [-0.1, -0.05) is 18.5 Å². The van der Waals surface area contributed by atoms with Crippen molar-refractivity contribution in [3.63, 3.8) is 0 Å². The van der Waals surface area contributed by atoms with Gasteiger partial charge in [-0.25, -0.2) is 4.98 Å². The van der Waals surface area contributed by atoms with Gasteiger partial charge in [0.05, 0.1) is 5.69 Å². The molecule has 0 aliphatic heterocycles. The van der Waals surface area contributed by atoms with Gasteiger partial charge in [0.25, 0.3) is 5.56 Å². The molecule has 0 N–H and O–H groups in total. The third kappa shape index (κ3) is 2.88. The zero-order valence-electron chi connectivity index (χ0n) is 12.3. The molecule has 2 atom stereocenters. The Hall–Kier alpha value is -1.61. The molecule has 1 aromatic carbocycles. The molecule has 21 heavy (non-hydrogen) atoms. The van der Waals surface area contributed by atoms with Crippen molar-refractivity contribution >= 4 is 11.6 Å². The molecule has 0 unspecified atom stereocenters. The van der Waals surface area contributed by atoms with E-state index in [-0.39, 0.29) is 5.56 Å². The molecule has 0 radical (unpaired) electrons. The Labute approximate surface area is 129 Å². The van der Waals surface area contributed by atoms with Crippen LogP contribution in [0, 0.1) is 12.8 Å². The summed E-state index contributed by atoms with van der Waals surface area (Å²) in [5.41, 5.74) is 1.62. The average molecular weight is 303 g/mol. The van der Waals surface area contributed by atoms with Gasteiger partial charge in [0.1, 0.15) is 5.82 Å². The van der Waals surface area contributed by atoms with Gasteiger partial charge < -0.3 is 0 Å². The van der Waals surface area contributed by atoms with Crippen LogP contribution in [0.3, 0.4) is 0 Å². The summed E-state index contributed by atoms with van der Waals surface area (Å²) in [5, 5.41) is 0.669. The number of aryl methyl sites for hydroxylation is 1. The van der Waals surface area contributed by atoms with Crippen LogP contribution in [0.1, 0.15) is 43.6 Å². The van der Waals surface area contributed by atoms with Crippen molar-refractivity contribution < 1.29 is 0 Å². The Balaban J connectivity index is 2.14. The zero-order chi connectivity index (χ0) is 15.0. The topological polar surface area (TPSA) is 34.9 Å². The van der Waals surface area contributed by atoms with Gasteiger partial charge in [-0.05, 0) is 56.4 Å². The van der Waals surface area contributed by atoms with Gasteiger partial charge in [0, 0.05) is 22.7 Å². The quantitative estimate of drug-likeness (QED) is 0.837. The number of benzene rings is 1. The van der Waals surface area contributed by atoms with E-state index in [0.29, 0.717) is 16.9 Å². The van der Waals surface area contributed by atoms with Crippen molar-refractivity contribution in [1.82, 2.24) is 9.55 Å². The van der Waals surface area contributed by atoms with Crippen LogP contribution >= 0.6 is 11.6 Å². The van der Waals surface area contributed by atoms with Crippen LogP contribution in [-0.4, -0.2) is 9.55 Å². The van der Waals surface area contributed by atoms with E-state index in [1.807, 2.05) is 31.2 Å². The minimum atomic E-state index is -0.0145. The van der Waals surface area contributed by atoms with E-state index >= 15 is 0 Å². The van der Waals surface area contributed by atoms with E-state index < -0.39 is 0 Å². The van der Waals surface area contributed by atoms with Gasteiger partial charge in [-0.15, -0.1) is 0 Å². The van der Waals surface area contributed by atoms with E-state index in [0.717, 1.165) is 30.0 Å². The van der Waals surface area contributed by atoms with Gasteiger partial charge >= 0.3 is 0 Å². The van der Waals surface area contributed by atoms with E-state index in [9.17, 15) is 4.79 Å². The molecule has 1 saturated carbocycles. The van der Waals surface area contributed by atoms with Crippen molar-refractivity contribution in [3.8, 4) is 5.69 Å². The van der Waals surface area contributed by atoms with Gasteiger partial charge in [-0.2, -0.15) is 0 Å². The van der Waals surface area contributed by atoms with E-state index in [4.69, 9.17) is 11.6 Å². The van der Waals surface area contributed by atoms with Crippen LogP contribution < -0.4 is 5.56 Å². The summed E-state index contributed by atoms with van der Waals surface area (Å²) in [7, 11) is 0. The number of hydrogen-bond acceptors (Lipinski definition) is 2. The monoisotopic (exact) mass is 302 g/mol. The molecule has 1 aliphatic carbocycles. The molecule has 0 spiro atoms. The first-order chi connectivity index (χ1) is 10.0. The van der Waals surface area contributed by atoms with Crippen molar-refractivity contribution in [2.75, 3.05) is 0 Å². The zero-order valence-corrected chi connectivity index (χ0v) is 13.1. The highest BCUT2D eigenvalue weighted by Crippen LogP contribution is 2.37. The third-order valence-corrected chi connectivity index (χ3v) is 4.47. The van der Waals surface area contributed by atoms with Gasteiger partial charge in [0.2, 0.25) is 0 Å². The fraction of sp³-hybridized carbons (Fsp3) is 0.412. The average Bonchev–Trinajstić information content (AvgIpc) is 2.86. The van der Waals surface area contributed by atoms with Gasteiger partial charge in [0.15, 0.2) is 0 Å². The minimum Gasteiger partial charge on any atom is -0.269 e. The summed E-state index contributed by atoms with van der Waals surface area (Å²) >= 11 is 5.95. The number of rotatable bonds is 2. The van der Waals surface area contributed by atoms with Gasteiger partial charge in [-0.3, -0.25) is 9.36 Å². The normalized spacial score (nSPS) is 21.7. The van der Waals surface area contributed by atoms with Crippen LogP contribution in [0.2, 0.25) is 5.02 Å². The van der Waals surface area contributed by atoms with Crippen LogP contribution in [0.15, 0.2) is 35.1 Å². The first kappa shape index (κ1) is 14.3. The number of halogens is 1. The summed E-state index contributed by atoms with van der Waals surface area (Å²) in [4.78, 5) is 17.2. The van der Waals surface area contributed by atoms with Crippen molar-refractivity contribution in [2.24, 2.45) is 5.92 Å². The predicted octanol–water partition coefficient (Wildman–Crippen LogP) is 4.10. The second-order valence-electron chi connectivity index (χ2n) is 6.02. The minimum absolute atomic E-state index is 0.0145. The van der Waals surface area contributed by atoms with Crippen LogP contribution in [0.5, 0.6) is 0 Å².